The van der Waals surface area contributed by atoms with Crippen molar-refractivity contribution in [2.75, 3.05) is 0 Å². The summed E-state index contributed by atoms with van der Waals surface area (Å²) < 4.78 is 31.4. The Morgan fingerprint density at radius 1 is 1.37 bits per heavy atom. The summed E-state index contributed by atoms with van der Waals surface area (Å²) in [6.07, 6.45) is 0. The normalized spacial score (nSPS) is 14.4. The molecule has 2 N–H and O–H groups in total. The largest absolute Gasteiger partial charge is 0.480 e. The minimum atomic E-state index is -3.99. The molecule has 0 aliphatic carbocycles. The van der Waals surface area contributed by atoms with Crippen molar-refractivity contribution < 1.29 is 22.8 Å². The lowest BCUT2D eigenvalue weighted by Gasteiger charge is -2.27. The molecular weight excluding hydrogens is 272 g/mol. The Balaban J connectivity index is 3.20. The smallest absolute Gasteiger partial charge is 0.322 e. The number of sulfonamides is 1. The lowest BCUT2D eigenvalue weighted by molar-refractivity contribution is -0.141. The minimum Gasteiger partial charge on any atom is -0.480 e. The Morgan fingerprint density at radius 3 is 2.21 bits per heavy atom. The van der Waals surface area contributed by atoms with Gasteiger partial charge in [0.05, 0.1) is 0 Å². The molecule has 0 saturated carbocycles. The molecule has 8 heteroatoms. The molecule has 7 nitrogen and oxygen atoms in total. The summed E-state index contributed by atoms with van der Waals surface area (Å²) in [6, 6.07) is -1.24. The molecule has 108 valence electrons. The van der Waals surface area contributed by atoms with Gasteiger partial charge in [0.25, 0.3) is 0 Å². The molecular formula is C11H18N2O5S. The Morgan fingerprint density at radius 2 is 1.89 bits per heavy atom. The Labute approximate surface area is 112 Å². The molecule has 1 rings (SSSR count). The van der Waals surface area contributed by atoms with Crippen molar-refractivity contribution in [3.63, 3.8) is 0 Å². The standard InChI is InChI=1S/C11H18N2O5S/c1-6-8(7(2)18-12-6)19(16,17)13-9(10(14)15)11(3,4)5/h9,13H,1-5H3,(H,14,15)/t9-/m1/s1. The third-order valence-electron chi connectivity index (χ3n) is 2.62. The van der Waals surface area contributed by atoms with Crippen molar-refractivity contribution in [2.24, 2.45) is 5.41 Å². The third-order valence-corrected chi connectivity index (χ3v) is 4.29. The first-order valence-corrected chi connectivity index (χ1v) is 7.13. The Bertz CT molecular complexity index is 563. The average molecular weight is 290 g/mol. The molecule has 0 aliphatic heterocycles. The SMILES string of the molecule is Cc1noc(C)c1S(=O)(=O)N[C@H](C(=O)O)C(C)(C)C. The molecule has 0 spiro atoms. The van der Waals surface area contributed by atoms with E-state index in [4.69, 9.17) is 9.63 Å². The van der Waals surface area contributed by atoms with Gasteiger partial charge in [-0.1, -0.05) is 25.9 Å². The molecule has 0 fully saturated rings. The van der Waals surface area contributed by atoms with Crippen molar-refractivity contribution in [3.05, 3.63) is 11.5 Å². The van der Waals surface area contributed by atoms with Gasteiger partial charge in [-0.25, -0.2) is 8.42 Å². The maximum atomic E-state index is 12.2. The molecule has 0 amide bonds. The second kappa shape index (κ2) is 4.93. The van der Waals surface area contributed by atoms with Crippen LogP contribution in [0.3, 0.4) is 0 Å². The highest BCUT2D eigenvalue weighted by atomic mass is 32.2. The van der Waals surface area contributed by atoms with Crippen molar-refractivity contribution >= 4 is 16.0 Å². The molecule has 1 aromatic heterocycles. The van der Waals surface area contributed by atoms with E-state index in [1.54, 1.807) is 20.8 Å². The highest BCUT2D eigenvalue weighted by Gasteiger charge is 2.37. The third kappa shape index (κ3) is 3.32. The van der Waals surface area contributed by atoms with Crippen LogP contribution in [-0.4, -0.2) is 30.7 Å². The fraction of sp³-hybridized carbons (Fsp3) is 0.636. The summed E-state index contributed by atoms with van der Waals surface area (Å²) in [5, 5.41) is 12.7. The van der Waals surface area contributed by atoms with Crippen molar-refractivity contribution in [1.29, 1.82) is 0 Å². The number of carbonyl (C=O) groups is 1. The number of rotatable bonds is 4. The number of hydrogen-bond acceptors (Lipinski definition) is 5. The van der Waals surface area contributed by atoms with Gasteiger partial charge in [0.15, 0.2) is 5.76 Å². The average Bonchev–Trinajstić information content (AvgIpc) is 2.53. The van der Waals surface area contributed by atoms with Gasteiger partial charge in [0.1, 0.15) is 16.6 Å². The van der Waals surface area contributed by atoms with Crippen LogP contribution in [0.4, 0.5) is 0 Å². The maximum absolute atomic E-state index is 12.2. The van der Waals surface area contributed by atoms with Gasteiger partial charge in [0.2, 0.25) is 10.0 Å². The van der Waals surface area contributed by atoms with Crippen LogP contribution in [0.2, 0.25) is 0 Å². The van der Waals surface area contributed by atoms with Crippen LogP contribution in [0.1, 0.15) is 32.2 Å². The first-order chi connectivity index (χ1) is 8.47. The van der Waals surface area contributed by atoms with Gasteiger partial charge in [-0.15, -0.1) is 0 Å². The fourth-order valence-corrected chi connectivity index (χ4v) is 3.39. The number of aromatic nitrogens is 1. The van der Waals surface area contributed by atoms with Gasteiger partial charge >= 0.3 is 5.97 Å². The maximum Gasteiger partial charge on any atom is 0.322 e. The van der Waals surface area contributed by atoms with Crippen LogP contribution in [0.15, 0.2) is 9.42 Å². The number of hydrogen-bond donors (Lipinski definition) is 2. The molecule has 0 saturated heterocycles. The van der Waals surface area contributed by atoms with Crippen LogP contribution in [0.25, 0.3) is 0 Å². The number of carboxylic acids is 1. The highest BCUT2D eigenvalue weighted by molar-refractivity contribution is 7.89. The number of aryl methyl sites for hydroxylation is 2. The van der Waals surface area contributed by atoms with E-state index in [9.17, 15) is 13.2 Å². The zero-order valence-electron chi connectivity index (χ0n) is 11.5. The van der Waals surface area contributed by atoms with E-state index in [0.717, 1.165) is 0 Å². The minimum absolute atomic E-state index is 0.108. The molecule has 1 aromatic rings. The van der Waals surface area contributed by atoms with Gasteiger partial charge in [0, 0.05) is 0 Å². The lowest BCUT2D eigenvalue weighted by atomic mass is 9.88. The summed E-state index contributed by atoms with van der Waals surface area (Å²) in [5.41, 5.74) is -0.569. The summed E-state index contributed by atoms with van der Waals surface area (Å²) in [7, 11) is -3.99. The van der Waals surface area contributed by atoms with Gasteiger partial charge in [-0.05, 0) is 19.3 Å². The zero-order valence-corrected chi connectivity index (χ0v) is 12.3. The molecule has 0 bridgehead atoms. The zero-order chi connectivity index (χ0) is 15.0. The molecule has 0 radical (unpaired) electrons. The van der Waals surface area contributed by atoms with Gasteiger partial charge in [-0.3, -0.25) is 4.79 Å². The second-order valence-corrected chi connectivity index (χ2v) is 7.06. The topological polar surface area (TPSA) is 110 Å². The number of nitrogens with zero attached hydrogens (tertiary/aromatic N) is 1. The molecule has 0 unspecified atom stereocenters. The quantitative estimate of drug-likeness (QED) is 0.858. The molecule has 0 aromatic carbocycles. The van der Waals surface area contributed by atoms with Crippen molar-refractivity contribution in [3.8, 4) is 0 Å². The Hall–Kier alpha value is -1.41. The van der Waals surface area contributed by atoms with E-state index in [-0.39, 0.29) is 16.3 Å². The molecule has 19 heavy (non-hydrogen) atoms. The lowest BCUT2D eigenvalue weighted by Crippen LogP contribution is -2.49. The van der Waals surface area contributed by atoms with E-state index in [2.05, 4.69) is 9.88 Å². The van der Waals surface area contributed by atoms with E-state index in [1.165, 1.54) is 13.8 Å². The summed E-state index contributed by atoms with van der Waals surface area (Å²) in [6.45, 7) is 7.87. The summed E-state index contributed by atoms with van der Waals surface area (Å²) in [5.74, 6) is -1.11. The van der Waals surface area contributed by atoms with Crippen LogP contribution in [0, 0.1) is 19.3 Å². The van der Waals surface area contributed by atoms with E-state index in [1.807, 2.05) is 0 Å². The Kier molecular flexibility index (Phi) is 4.06. The number of carboxylic acid groups (broad SMARTS) is 1. The van der Waals surface area contributed by atoms with E-state index in [0.29, 0.717) is 0 Å². The van der Waals surface area contributed by atoms with Crippen molar-refractivity contribution in [2.45, 2.75) is 45.6 Å². The predicted molar refractivity (Wildman–Crippen MR) is 67.2 cm³/mol. The summed E-state index contributed by atoms with van der Waals surface area (Å²) >= 11 is 0. The van der Waals surface area contributed by atoms with E-state index < -0.39 is 27.4 Å². The highest BCUT2D eigenvalue weighted by Crippen LogP contribution is 2.24. The molecule has 0 aliphatic rings. The summed E-state index contributed by atoms with van der Waals surface area (Å²) in [4.78, 5) is 11.1. The first kappa shape index (κ1) is 15.6. The number of aliphatic carboxylic acids is 1. The van der Waals surface area contributed by atoms with E-state index >= 15 is 0 Å². The van der Waals surface area contributed by atoms with Crippen LogP contribution >= 0.6 is 0 Å². The van der Waals surface area contributed by atoms with Crippen LogP contribution in [-0.2, 0) is 14.8 Å². The molecule has 1 heterocycles. The fourth-order valence-electron chi connectivity index (χ4n) is 1.67. The predicted octanol–water partition coefficient (Wildman–Crippen LogP) is 1.07. The molecule has 1 atom stereocenters. The first-order valence-electron chi connectivity index (χ1n) is 5.65. The van der Waals surface area contributed by atoms with Crippen molar-refractivity contribution in [1.82, 2.24) is 9.88 Å². The monoisotopic (exact) mass is 290 g/mol. The number of nitrogens with one attached hydrogen (secondary N) is 1. The van der Waals surface area contributed by atoms with Gasteiger partial charge < -0.3 is 9.63 Å². The van der Waals surface area contributed by atoms with Crippen LogP contribution < -0.4 is 4.72 Å². The second-order valence-electron chi connectivity index (χ2n) is 5.41. The van der Waals surface area contributed by atoms with Gasteiger partial charge in [-0.2, -0.15) is 4.72 Å². The van der Waals surface area contributed by atoms with Crippen LogP contribution in [0.5, 0.6) is 0 Å².